The second kappa shape index (κ2) is 16.2. The number of dihydropyridines is 1. The van der Waals surface area contributed by atoms with E-state index >= 15 is 0 Å². The Morgan fingerprint density at radius 2 is 1.92 bits per heavy atom. The van der Waals surface area contributed by atoms with Gasteiger partial charge in [0.2, 0.25) is 5.78 Å². The van der Waals surface area contributed by atoms with Crippen molar-refractivity contribution >= 4 is 23.5 Å². The molecule has 2 fully saturated rings. The molecule has 2 aliphatic heterocycles. The second-order valence-corrected chi connectivity index (χ2v) is 14.0. The molecular weight excluding hydrogens is 620 g/mol. The highest BCUT2D eigenvalue weighted by Crippen LogP contribution is 2.58. The quantitative estimate of drug-likeness (QED) is 0.0430. The van der Waals surface area contributed by atoms with Gasteiger partial charge >= 0.3 is 5.97 Å². The number of esters is 1. The number of hydrogen-bond donors (Lipinski definition) is 5. The van der Waals surface area contributed by atoms with E-state index in [4.69, 9.17) is 20.9 Å². The van der Waals surface area contributed by atoms with Crippen LogP contribution in [-0.2, 0) is 14.3 Å². The van der Waals surface area contributed by atoms with Gasteiger partial charge in [0.1, 0.15) is 0 Å². The number of unbranched alkanes of at least 4 members (excludes halogenated alkanes) is 1. The van der Waals surface area contributed by atoms with Crippen molar-refractivity contribution in [2.75, 3.05) is 33.3 Å². The van der Waals surface area contributed by atoms with E-state index in [1.807, 2.05) is 25.2 Å². The smallest absolute Gasteiger partial charge is 0.350 e. The van der Waals surface area contributed by atoms with Crippen molar-refractivity contribution < 1.29 is 23.9 Å². The Hall–Kier alpha value is -3.96. The van der Waals surface area contributed by atoms with Crippen molar-refractivity contribution in [3.8, 4) is 0 Å². The molecule has 0 aromatic heterocycles. The predicted octanol–water partition coefficient (Wildman–Crippen LogP) is 4.05. The first-order chi connectivity index (χ1) is 23.6. The number of benzene rings is 1. The van der Waals surface area contributed by atoms with E-state index in [9.17, 15) is 14.4 Å². The van der Waals surface area contributed by atoms with Crippen LogP contribution in [0.3, 0.4) is 0 Å². The zero-order valence-corrected chi connectivity index (χ0v) is 29.3. The lowest BCUT2D eigenvalue weighted by Crippen LogP contribution is -2.50. The molecule has 7 N–H and O–H groups in total. The van der Waals surface area contributed by atoms with Gasteiger partial charge in [-0.1, -0.05) is 81.0 Å². The number of nitrogens with two attached hydrogens (primary N) is 2. The first kappa shape index (κ1) is 36.3. The summed E-state index contributed by atoms with van der Waals surface area (Å²) in [5.41, 5.74) is 10.7. The van der Waals surface area contributed by atoms with Gasteiger partial charge < -0.3 is 36.9 Å². The maximum absolute atomic E-state index is 14.1. The van der Waals surface area contributed by atoms with Gasteiger partial charge in [0, 0.05) is 43.6 Å². The van der Waals surface area contributed by atoms with Gasteiger partial charge in [0.05, 0.1) is 18.5 Å². The molecule has 0 spiro atoms. The number of nitrogens with zero attached hydrogens (tertiary/aromatic N) is 1. The third-order valence-corrected chi connectivity index (χ3v) is 10.4. The molecule has 0 unspecified atom stereocenters. The third kappa shape index (κ3) is 7.94. The van der Waals surface area contributed by atoms with Crippen LogP contribution in [-0.4, -0.2) is 74.0 Å². The van der Waals surface area contributed by atoms with Crippen molar-refractivity contribution in [3.63, 3.8) is 0 Å². The molecule has 0 radical (unpaired) electrons. The van der Waals surface area contributed by atoms with E-state index in [2.05, 4.69) is 27.9 Å². The SMILES string of the molecule is CCCC[C@H](CNCC1CCCCC1)COC(=O)[C@]12O[C@@]1(C/C=C(\C)C[C@@H](NC(N)=NC)C1=CCNC(N)=C1)C(=O)c1ccccc1C2=O. The van der Waals surface area contributed by atoms with E-state index in [1.54, 1.807) is 31.3 Å². The second-order valence-electron chi connectivity index (χ2n) is 14.0. The molecule has 1 saturated carbocycles. The van der Waals surface area contributed by atoms with Gasteiger partial charge in [-0.05, 0) is 56.7 Å². The third-order valence-electron chi connectivity index (χ3n) is 10.4. The molecule has 49 heavy (non-hydrogen) atoms. The molecule has 1 saturated heterocycles. The van der Waals surface area contributed by atoms with Crippen LogP contribution in [0.5, 0.6) is 0 Å². The van der Waals surface area contributed by atoms with Crippen LogP contribution >= 0.6 is 0 Å². The molecule has 1 aromatic carbocycles. The van der Waals surface area contributed by atoms with Gasteiger partial charge in [0.25, 0.3) is 5.60 Å². The van der Waals surface area contributed by atoms with E-state index in [0.29, 0.717) is 24.7 Å². The number of nitrogens with one attached hydrogen (secondary N) is 3. The monoisotopic (exact) mass is 674 g/mol. The molecule has 0 amide bonds. The Morgan fingerprint density at radius 3 is 2.61 bits per heavy atom. The molecular formula is C38H54N6O5. The minimum absolute atomic E-state index is 0.0394. The molecule has 2 aliphatic carbocycles. The summed E-state index contributed by atoms with van der Waals surface area (Å²) in [6.07, 6.45) is 15.6. The summed E-state index contributed by atoms with van der Waals surface area (Å²) in [5.74, 6) is -0.0712. The summed E-state index contributed by atoms with van der Waals surface area (Å²) >= 11 is 0. The number of carbonyl (C=O) groups excluding carboxylic acids is 3. The van der Waals surface area contributed by atoms with Gasteiger partial charge in [0.15, 0.2) is 17.3 Å². The van der Waals surface area contributed by atoms with Crippen LogP contribution in [0.2, 0.25) is 0 Å². The highest BCUT2D eigenvalue weighted by molar-refractivity contribution is 6.32. The molecule has 11 heteroatoms. The highest BCUT2D eigenvalue weighted by atomic mass is 16.7. The topological polar surface area (TPSA) is 173 Å². The number of Topliss-reactive ketones (excluding diaryl/α,β-unsaturated/α-hetero) is 2. The Kier molecular flexibility index (Phi) is 12.0. The molecule has 5 rings (SSSR count). The first-order valence-corrected chi connectivity index (χ1v) is 18.0. The van der Waals surface area contributed by atoms with Crippen molar-refractivity contribution in [2.24, 2.45) is 28.3 Å². The Morgan fingerprint density at radius 1 is 1.18 bits per heavy atom. The molecule has 2 heterocycles. The Bertz CT molecular complexity index is 1510. The Labute approximate surface area is 290 Å². The van der Waals surface area contributed by atoms with Crippen molar-refractivity contribution in [1.82, 2.24) is 16.0 Å². The van der Waals surface area contributed by atoms with Crippen LogP contribution in [0.25, 0.3) is 0 Å². The molecule has 4 atom stereocenters. The fourth-order valence-corrected chi connectivity index (χ4v) is 7.49. The maximum atomic E-state index is 14.1. The molecule has 1 aromatic rings. The number of epoxide rings is 1. The van der Waals surface area contributed by atoms with Crippen molar-refractivity contribution in [1.29, 1.82) is 0 Å². The largest absolute Gasteiger partial charge is 0.463 e. The number of carbonyl (C=O) groups is 3. The lowest BCUT2D eigenvalue weighted by atomic mass is 9.72. The molecule has 0 bridgehead atoms. The van der Waals surface area contributed by atoms with E-state index < -0.39 is 23.0 Å². The summed E-state index contributed by atoms with van der Waals surface area (Å²) in [5, 5.41) is 9.93. The normalized spacial score (nSPS) is 25.3. The lowest BCUT2D eigenvalue weighted by molar-refractivity contribution is -0.149. The molecule has 11 nitrogen and oxygen atoms in total. The standard InChI is InChI=1S/C38H54N6O5/c1-4-5-11-27(23-42-22-26-12-7-6-8-13-26)24-48-35(47)38-34(46)30-15-10-9-14-29(30)33(45)37(38,49-38)18-16-25(2)20-31(44-36(40)41-3)28-17-19-43-32(39)21-28/h9-10,14-17,21,26-27,31,42-43H,4-8,11-13,18-20,22-24,39H2,1-3H3,(H3,40,41,44)/b25-16+/t27-,31-,37+,38+/m1/s1. The minimum Gasteiger partial charge on any atom is -0.463 e. The number of hydrogen-bond acceptors (Lipinski definition) is 9. The molecule has 266 valence electrons. The number of fused-ring (bicyclic) bond motifs is 2. The molecule has 4 aliphatic rings. The van der Waals surface area contributed by atoms with Gasteiger partial charge in [-0.25, -0.2) is 4.79 Å². The average molecular weight is 675 g/mol. The van der Waals surface area contributed by atoms with Gasteiger partial charge in [-0.2, -0.15) is 0 Å². The summed E-state index contributed by atoms with van der Waals surface area (Å²) in [4.78, 5) is 46.2. The fourth-order valence-electron chi connectivity index (χ4n) is 7.49. The number of ketones is 2. The summed E-state index contributed by atoms with van der Waals surface area (Å²) in [6, 6.07) is 6.36. The first-order valence-electron chi connectivity index (χ1n) is 18.0. The zero-order chi connectivity index (χ0) is 35.0. The minimum atomic E-state index is -2.01. The summed E-state index contributed by atoms with van der Waals surface area (Å²) in [7, 11) is 1.61. The van der Waals surface area contributed by atoms with Crippen LogP contribution < -0.4 is 27.4 Å². The summed E-state index contributed by atoms with van der Waals surface area (Å²) in [6.45, 7) is 6.51. The van der Waals surface area contributed by atoms with Crippen molar-refractivity contribution in [2.45, 2.75) is 95.3 Å². The fraction of sp³-hybridized carbons (Fsp3) is 0.579. The van der Waals surface area contributed by atoms with Crippen LogP contribution in [0, 0.1) is 11.8 Å². The summed E-state index contributed by atoms with van der Waals surface area (Å²) < 4.78 is 12.1. The average Bonchev–Trinajstić information content (AvgIpc) is 3.83. The van der Waals surface area contributed by atoms with Crippen LogP contribution in [0.15, 0.2) is 64.5 Å². The predicted molar refractivity (Wildman–Crippen MR) is 191 cm³/mol. The lowest BCUT2D eigenvalue weighted by Gasteiger charge is -2.26. The van der Waals surface area contributed by atoms with Crippen LogP contribution in [0.1, 0.15) is 98.8 Å². The number of ether oxygens (including phenoxy) is 2. The van der Waals surface area contributed by atoms with E-state index in [1.165, 1.54) is 32.1 Å². The van der Waals surface area contributed by atoms with Crippen molar-refractivity contribution in [3.05, 3.63) is 70.6 Å². The van der Waals surface area contributed by atoms with E-state index in [0.717, 1.165) is 43.5 Å². The van der Waals surface area contributed by atoms with Gasteiger partial charge in [-0.3, -0.25) is 14.6 Å². The number of guanidine groups is 1. The maximum Gasteiger partial charge on any atom is 0.350 e. The number of aliphatic imine (C=N–C) groups is 1. The van der Waals surface area contributed by atoms with Gasteiger partial charge in [-0.15, -0.1) is 0 Å². The number of rotatable bonds is 16. The highest BCUT2D eigenvalue weighted by Gasteiger charge is 2.85. The Balaban J connectivity index is 1.33. The van der Waals surface area contributed by atoms with Crippen LogP contribution in [0.4, 0.5) is 0 Å². The van der Waals surface area contributed by atoms with E-state index in [-0.39, 0.29) is 47.9 Å². The zero-order valence-electron chi connectivity index (χ0n) is 29.3.